The normalized spacial score (nSPS) is 20.1. The molecule has 1 unspecified atom stereocenters. The van der Waals surface area contributed by atoms with Crippen LogP contribution in [0.2, 0.25) is 0 Å². The van der Waals surface area contributed by atoms with Gasteiger partial charge in [0.2, 0.25) is 0 Å². The van der Waals surface area contributed by atoms with Gasteiger partial charge in [-0.25, -0.2) is 4.39 Å². The van der Waals surface area contributed by atoms with Crippen LogP contribution in [-0.2, 0) is 4.74 Å². The molecule has 0 radical (unpaired) electrons. The van der Waals surface area contributed by atoms with Crippen LogP contribution in [0.25, 0.3) is 0 Å². The quantitative estimate of drug-likeness (QED) is 0.781. The molecule has 1 aliphatic heterocycles. The first-order valence-electron chi connectivity index (χ1n) is 6.64. The van der Waals surface area contributed by atoms with Crippen LogP contribution in [0.3, 0.4) is 0 Å². The molecule has 1 aliphatic rings. The number of halogens is 2. The van der Waals surface area contributed by atoms with Crippen molar-refractivity contribution in [1.82, 2.24) is 4.90 Å². The maximum atomic E-state index is 13.4. The second kappa shape index (κ2) is 5.82. The summed E-state index contributed by atoms with van der Waals surface area (Å²) in [6.45, 7) is 7.86. The van der Waals surface area contributed by atoms with Gasteiger partial charge in [-0.15, -0.1) is 0 Å². The van der Waals surface area contributed by atoms with Crippen LogP contribution in [0, 0.1) is 11.2 Å². The number of morpholine rings is 1. The van der Waals surface area contributed by atoms with Crippen LogP contribution in [0.15, 0.2) is 22.7 Å². The Hall–Kier alpha value is -0.940. The van der Waals surface area contributed by atoms with Crippen molar-refractivity contribution in [2.45, 2.75) is 26.9 Å². The highest BCUT2D eigenvalue weighted by molar-refractivity contribution is 9.10. The van der Waals surface area contributed by atoms with E-state index in [1.165, 1.54) is 12.1 Å². The third kappa shape index (κ3) is 3.58. The molecule has 0 aromatic heterocycles. The molecule has 0 saturated carbocycles. The lowest BCUT2D eigenvalue weighted by molar-refractivity contribution is -0.0706. The molecule has 20 heavy (non-hydrogen) atoms. The van der Waals surface area contributed by atoms with Crippen LogP contribution in [0.5, 0.6) is 0 Å². The van der Waals surface area contributed by atoms with Gasteiger partial charge in [0.15, 0.2) is 0 Å². The van der Waals surface area contributed by atoms with Crippen molar-refractivity contribution in [3.63, 3.8) is 0 Å². The molecule has 1 amide bonds. The van der Waals surface area contributed by atoms with Crippen molar-refractivity contribution in [3.8, 4) is 0 Å². The molecule has 110 valence electrons. The fourth-order valence-electron chi connectivity index (χ4n) is 2.22. The fraction of sp³-hybridized carbons (Fsp3) is 0.533. The van der Waals surface area contributed by atoms with Gasteiger partial charge in [-0.3, -0.25) is 4.79 Å². The van der Waals surface area contributed by atoms with Crippen LogP contribution >= 0.6 is 15.9 Å². The first kappa shape index (κ1) is 15.4. The van der Waals surface area contributed by atoms with Gasteiger partial charge in [0.25, 0.3) is 5.91 Å². The van der Waals surface area contributed by atoms with Gasteiger partial charge in [-0.2, -0.15) is 0 Å². The van der Waals surface area contributed by atoms with Gasteiger partial charge >= 0.3 is 0 Å². The minimum atomic E-state index is -0.414. The molecule has 0 N–H and O–H groups in total. The minimum Gasteiger partial charge on any atom is -0.374 e. The summed E-state index contributed by atoms with van der Waals surface area (Å²) >= 11 is 3.21. The maximum Gasteiger partial charge on any atom is 0.254 e. The molecule has 1 fully saturated rings. The standard InChI is InChI=1S/C15H19BrFNO2/c1-15(2,3)13-9-18(4-5-20-13)14(19)10-6-11(16)8-12(17)7-10/h6-8,13H,4-5,9H2,1-3H3. The van der Waals surface area contributed by atoms with Crippen molar-refractivity contribution >= 4 is 21.8 Å². The fourth-order valence-corrected chi connectivity index (χ4v) is 2.68. The molecular weight excluding hydrogens is 325 g/mol. The molecule has 1 aromatic rings. The van der Waals surface area contributed by atoms with E-state index in [9.17, 15) is 9.18 Å². The van der Waals surface area contributed by atoms with Crippen LogP contribution < -0.4 is 0 Å². The van der Waals surface area contributed by atoms with E-state index in [-0.39, 0.29) is 17.4 Å². The number of hydrogen-bond donors (Lipinski definition) is 0. The summed E-state index contributed by atoms with van der Waals surface area (Å²) in [4.78, 5) is 14.2. The Labute approximate surface area is 127 Å². The van der Waals surface area contributed by atoms with Gasteiger partial charge in [-0.05, 0) is 23.6 Å². The zero-order valence-corrected chi connectivity index (χ0v) is 13.5. The van der Waals surface area contributed by atoms with E-state index >= 15 is 0 Å². The molecule has 2 rings (SSSR count). The number of rotatable bonds is 1. The van der Waals surface area contributed by atoms with Gasteiger partial charge < -0.3 is 9.64 Å². The zero-order valence-electron chi connectivity index (χ0n) is 12.0. The van der Waals surface area contributed by atoms with E-state index in [1.54, 1.807) is 11.0 Å². The smallest absolute Gasteiger partial charge is 0.254 e. The second-order valence-corrected chi connectivity index (χ2v) is 7.05. The molecule has 1 saturated heterocycles. The summed E-state index contributed by atoms with van der Waals surface area (Å²) in [6, 6.07) is 4.26. The number of ether oxygens (including phenoxy) is 1. The van der Waals surface area contributed by atoms with Gasteiger partial charge in [0, 0.05) is 23.1 Å². The first-order valence-corrected chi connectivity index (χ1v) is 7.43. The largest absolute Gasteiger partial charge is 0.374 e. The van der Waals surface area contributed by atoms with E-state index in [1.807, 2.05) is 0 Å². The number of amides is 1. The molecule has 0 bridgehead atoms. The second-order valence-electron chi connectivity index (χ2n) is 6.13. The summed E-state index contributed by atoms with van der Waals surface area (Å²) in [5.74, 6) is -0.564. The van der Waals surface area contributed by atoms with Crippen molar-refractivity contribution in [2.75, 3.05) is 19.7 Å². The monoisotopic (exact) mass is 343 g/mol. The molecular formula is C15H19BrFNO2. The van der Waals surface area contributed by atoms with E-state index in [4.69, 9.17) is 4.74 Å². The van der Waals surface area contributed by atoms with Gasteiger partial charge in [0.1, 0.15) is 5.82 Å². The lowest BCUT2D eigenvalue weighted by atomic mass is 9.88. The highest BCUT2D eigenvalue weighted by atomic mass is 79.9. The van der Waals surface area contributed by atoms with E-state index < -0.39 is 5.82 Å². The molecule has 5 heteroatoms. The highest BCUT2D eigenvalue weighted by Crippen LogP contribution is 2.26. The summed E-state index contributed by atoms with van der Waals surface area (Å²) in [6.07, 6.45) is -0.00259. The Balaban J connectivity index is 2.16. The predicted molar refractivity (Wildman–Crippen MR) is 79.2 cm³/mol. The highest BCUT2D eigenvalue weighted by Gasteiger charge is 2.32. The number of benzene rings is 1. The SMILES string of the molecule is CC(C)(C)C1CN(C(=O)c2cc(F)cc(Br)c2)CCO1. The number of hydrogen-bond acceptors (Lipinski definition) is 2. The third-order valence-electron chi connectivity index (χ3n) is 3.43. The Morgan fingerprint density at radius 1 is 1.40 bits per heavy atom. The Morgan fingerprint density at radius 2 is 2.10 bits per heavy atom. The number of nitrogens with zero attached hydrogens (tertiary/aromatic N) is 1. The predicted octanol–water partition coefficient (Wildman–Crippen LogP) is 3.48. The average molecular weight is 344 g/mol. The Morgan fingerprint density at radius 3 is 2.70 bits per heavy atom. The van der Waals surface area contributed by atoms with Gasteiger partial charge in [0.05, 0.1) is 12.7 Å². The lowest BCUT2D eigenvalue weighted by Crippen LogP contribution is -2.50. The molecule has 0 spiro atoms. The maximum absolute atomic E-state index is 13.4. The van der Waals surface area contributed by atoms with Crippen molar-refractivity contribution in [2.24, 2.45) is 5.41 Å². The summed E-state index contributed by atoms with van der Waals surface area (Å²) in [5, 5.41) is 0. The van der Waals surface area contributed by atoms with Crippen LogP contribution in [0.1, 0.15) is 31.1 Å². The van der Waals surface area contributed by atoms with Crippen molar-refractivity contribution < 1.29 is 13.9 Å². The minimum absolute atomic E-state index is 0.00259. The summed E-state index contributed by atoms with van der Waals surface area (Å²) in [7, 11) is 0. The number of carbonyl (C=O) groups excluding carboxylic acids is 1. The lowest BCUT2D eigenvalue weighted by Gasteiger charge is -2.39. The third-order valence-corrected chi connectivity index (χ3v) is 3.89. The van der Waals surface area contributed by atoms with Gasteiger partial charge in [-0.1, -0.05) is 36.7 Å². The van der Waals surface area contributed by atoms with Crippen LogP contribution in [0.4, 0.5) is 4.39 Å². The van der Waals surface area contributed by atoms with E-state index in [0.717, 1.165) is 0 Å². The van der Waals surface area contributed by atoms with Crippen molar-refractivity contribution in [1.29, 1.82) is 0 Å². The molecule has 1 heterocycles. The van der Waals surface area contributed by atoms with E-state index in [2.05, 4.69) is 36.7 Å². The van der Waals surface area contributed by atoms with Crippen molar-refractivity contribution in [3.05, 3.63) is 34.1 Å². The number of carbonyl (C=O) groups is 1. The topological polar surface area (TPSA) is 29.5 Å². The molecule has 1 aromatic carbocycles. The molecule has 1 atom stereocenters. The first-order chi connectivity index (χ1) is 9.27. The zero-order chi connectivity index (χ0) is 14.9. The average Bonchev–Trinajstić information content (AvgIpc) is 2.36. The Kier molecular flexibility index (Phi) is 4.49. The molecule has 0 aliphatic carbocycles. The summed E-state index contributed by atoms with van der Waals surface area (Å²) in [5.41, 5.74) is 0.341. The summed E-state index contributed by atoms with van der Waals surface area (Å²) < 4.78 is 19.7. The Bertz CT molecular complexity index is 493. The van der Waals surface area contributed by atoms with Crippen LogP contribution in [-0.4, -0.2) is 36.6 Å². The van der Waals surface area contributed by atoms with E-state index in [0.29, 0.717) is 29.7 Å². The molecule has 3 nitrogen and oxygen atoms in total.